The van der Waals surface area contributed by atoms with Gasteiger partial charge in [0.05, 0.1) is 6.04 Å². The lowest BCUT2D eigenvalue weighted by Crippen LogP contribution is -2.35. The number of amides is 2. The molecule has 4 rings (SSSR count). The van der Waals surface area contributed by atoms with Crippen molar-refractivity contribution in [1.29, 1.82) is 0 Å². The normalized spacial score (nSPS) is 16.9. The van der Waals surface area contributed by atoms with E-state index >= 15 is 0 Å². The molecular weight excluding hydrogens is 446 g/mol. The summed E-state index contributed by atoms with van der Waals surface area (Å²) in [7, 11) is 0. The van der Waals surface area contributed by atoms with Crippen LogP contribution in [0.15, 0.2) is 47.4 Å². The van der Waals surface area contributed by atoms with Gasteiger partial charge in [0.2, 0.25) is 5.91 Å². The highest BCUT2D eigenvalue weighted by molar-refractivity contribution is 5.76. The number of aryl methyl sites for hydroxylation is 1. The number of likely N-dealkylation sites (tertiary alicyclic amines) is 1. The number of pyridine rings is 1. The second-order valence-electron chi connectivity index (χ2n) is 10.2. The van der Waals surface area contributed by atoms with Crippen molar-refractivity contribution in [3.8, 4) is 0 Å². The van der Waals surface area contributed by atoms with Crippen molar-refractivity contribution >= 4 is 17.6 Å². The van der Waals surface area contributed by atoms with Crippen LogP contribution in [0.25, 0.3) is 5.65 Å². The average molecular weight is 480 g/mol. The van der Waals surface area contributed by atoms with Gasteiger partial charge in [-0.1, -0.05) is 35.9 Å². The minimum Gasteiger partial charge on any atom is -0.444 e. The Morgan fingerprint density at radius 3 is 2.60 bits per heavy atom. The first-order valence-electron chi connectivity index (χ1n) is 11.9. The van der Waals surface area contributed by atoms with Crippen LogP contribution in [-0.4, -0.2) is 49.8 Å². The van der Waals surface area contributed by atoms with Crippen molar-refractivity contribution in [2.45, 2.75) is 65.1 Å². The fourth-order valence-electron chi connectivity index (χ4n) is 4.35. The molecule has 3 aromatic rings. The minimum atomic E-state index is -0.557. The second kappa shape index (κ2) is 9.56. The summed E-state index contributed by atoms with van der Waals surface area (Å²) in [6.45, 7) is 10.3. The fourth-order valence-corrected chi connectivity index (χ4v) is 4.35. The molecule has 3 heterocycles. The third-order valence-corrected chi connectivity index (χ3v) is 6.17. The van der Waals surface area contributed by atoms with Gasteiger partial charge in [-0.25, -0.2) is 14.3 Å². The summed E-state index contributed by atoms with van der Waals surface area (Å²) in [4.78, 5) is 39.8. The number of nitrogens with zero attached hydrogens (tertiary/aromatic N) is 4. The van der Waals surface area contributed by atoms with E-state index in [0.717, 1.165) is 23.1 Å². The molecule has 1 aliphatic rings. The molecule has 1 unspecified atom stereocenters. The molecule has 0 spiro atoms. The van der Waals surface area contributed by atoms with Crippen LogP contribution in [0.5, 0.6) is 0 Å². The largest absolute Gasteiger partial charge is 0.444 e. The smallest absolute Gasteiger partial charge is 0.410 e. The van der Waals surface area contributed by atoms with Crippen LogP contribution in [-0.2, 0) is 16.1 Å². The molecule has 2 aromatic heterocycles. The number of aromatic nitrogens is 3. The van der Waals surface area contributed by atoms with Crippen LogP contribution in [0, 0.1) is 6.92 Å². The molecule has 186 valence electrons. The van der Waals surface area contributed by atoms with Crippen LogP contribution in [0.4, 0.5) is 4.79 Å². The van der Waals surface area contributed by atoms with Gasteiger partial charge in [-0.3, -0.25) is 9.20 Å². The predicted octanol–water partition coefficient (Wildman–Crippen LogP) is 3.41. The Bertz CT molecular complexity index is 1290. The van der Waals surface area contributed by atoms with E-state index in [1.807, 2.05) is 65.0 Å². The molecule has 1 fully saturated rings. The zero-order valence-electron chi connectivity index (χ0n) is 20.9. The molecule has 0 aliphatic carbocycles. The molecule has 35 heavy (non-hydrogen) atoms. The lowest BCUT2D eigenvalue weighted by Gasteiger charge is -2.24. The van der Waals surface area contributed by atoms with Crippen LogP contribution < -0.4 is 11.0 Å². The van der Waals surface area contributed by atoms with Gasteiger partial charge in [-0.2, -0.15) is 0 Å². The number of hydrogen-bond acceptors (Lipinski definition) is 5. The Kier molecular flexibility index (Phi) is 6.69. The zero-order valence-corrected chi connectivity index (χ0v) is 20.9. The Morgan fingerprint density at radius 1 is 1.20 bits per heavy atom. The van der Waals surface area contributed by atoms with Crippen molar-refractivity contribution in [3.05, 3.63) is 69.8 Å². The molecule has 0 saturated carbocycles. The maximum absolute atomic E-state index is 13.0. The predicted molar refractivity (Wildman–Crippen MR) is 132 cm³/mol. The van der Waals surface area contributed by atoms with E-state index in [9.17, 15) is 14.4 Å². The second-order valence-corrected chi connectivity index (χ2v) is 10.2. The quantitative estimate of drug-likeness (QED) is 0.605. The average Bonchev–Trinajstić information content (AvgIpc) is 3.39. The van der Waals surface area contributed by atoms with Gasteiger partial charge in [0.1, 0.15) is 12.1 Å². The molecule has 2 amide bonds. The maximum Gasteiger partial charge on any atom is 0.410 e. The van der Waals surface area contributed by atoms with Gasteiger partial charge >= 0.3 is 11.8 Å². The van der Waals surface area contributed by atoms with Gasteiger partial charge in [-0.15, -0.1) is 5.10 Å². The van der Waals surface area contributed by atoms with Crippen LogP contribution in [0.2, 0.25) is 0 Å². The number of carbonyl (C=O) groups is 2. The third kappa shape index (κ3) is 5.55. The van der Waals surface area contributed by atoms with Gasteiger partial charge in [0.25, 0.3) is 0 Å². The van der Waals surface area contributed by atoms with Gasteiger partial charge in [-0.05, 0) is 52.7 Å². The third-order valence-electron chi connectivity index (χ3n) is 6.17. The topological polar surface area (TPSA) is 97.9 Å². The van der Waals surface area contributed by atoms with Gasteiger partial charge in [0.15, 0.2) is 5.65 Å². The standard InChI is InChI=1S/C26H33N5O4/c1-17-8-10-19(11-9-17)18(2)27-22(32)16-31-24(33)30-13-6-7-21(23(30)28-31)20-12-14-29(15-20)25(34)35-26(3,4)5/h6-11,13,18,20H,12,14-16H2,1-5H3,(H,27,32)/t18-,20?/m0/s1. The number of carbonyl (C=O) groups excluding carboxylic acids is 2. The molecule has 1 saturated heterocycles. The fraction of sp³-hybridized carbons (Fsp3) is 0.462. The number of ether oxygens (including phenoxy) is 1. The Balaban J connectivity index is 1.49. The summed E-state index contributed by atoms with van der Waals surface area (Å²) in [5, 5.41) is 7.43. The van der Waals surface area contributed by atoms with Crippen molar-refractivity contribution < 1.29 is 14.3 Å². The van der Waals surface area contributed by atoms with E-state index in [2.05, 4.69) is 10.4 Å². The maximum atomic E-state index is 13.0. The summed E-state index contributed by atoms with van der Waals surface area (Å²) in [6.07, 6.45) is 2.06. The van der Waals surface area contributed by atoms with Crippen LogP contribution in [0.3, 0.4) is 0 Å². The van der Waals surface area contributed by atoms with Crippen LogP contribution >= 0.6 is 0 Å². The van der Waals surface area contributed by atoms with E-state index in [1.54, 1.807) is 17.2 Å². The minimum absolute atomic E-state index is 0.0249. The van der Waals surface area contributed by atoms with Crippen molar-refractivity contribution in [2.75, 3.05) is 13.1 Å². The number of nitrogens with one attached hydrogen (secondary N) is 1. The number of rotatable bonds is 5. The van der Waals surface area contributed by atoms with Crippen molar-refractivity contribution in [3.63, 3.8) is 0 Å². The molecule has 1 aromatic carbocycles. The first-order chi connectivity index (χ1) is 16.5. The van der Waals surface area contributed by atoms with Gasteiger partial charge in [0, 0.05) is 30.8 Å². The first-order valence-corrected chi connectivity index (χ1v) is 11.9. The summed E-state index contributed by atoms with van der Waals surface area (Å²) in [6, 6.07) is 11.5. The van der Waals surface area contributed by atoms with Crippen molar-refractivity contribution in [2.24, 2.45) is 0 Å². The number of hydrogen-bond donors (Lipinski definition) is 1. The zero-order chi connectivity index (χ0) is 25.3. The molecule has 9 heteroatoms. The Morgan fingerprint density at radius 2 is 1.91 bits per heavy atom. The highest BCUT2D eigenvalue weighted by Crippen LogP contribution is 2.30. The summed E-state index contributed by atoms with van der Waals surface area (Å²) in [5.41, 5.74) is 2.59. The van der Waals surface area contributed by atoms with Crippen molar-refractivity contribution in [1.82, 2.24) is 24.4 Å². The van der Waals surface area contributed by atoms with Gasteiger partial charge < -0.3 is 15.0 Å². The molecule has 2 atom stereocenters. The Hall–Kier alpha value is -3.62. The van der Waals surface area contributed by atoms with E-state index in [4.69, 9.17) is 4.74 Å². The molecular formula is C26H33N5O4. The molecule has 0 radical (unpaired) electrons. The summed E-state index contributed by atoms with van der Waals surface area (Å²) >= 11 is 0. The molecule has 1 aliphatic heterocycles. The highest BCUT2D eigenvalue weighted by atomic mass is 16.6. The number of fused-ring (bicyclic) bond motifs is 1. The lowest BCUT2D eigenvalue weighted by molar-refractivity contribution is -0.122. The number of benzene rings is 1. The summed E-state index contributed by atoms with van der Waals surface area (Å²) in [5.74, 6) is -0.265. The lowest BCUT2D eigenvalue weighted by atomic mass is 10.00. The molecule has 1 N–H and O–H groups in total. The monoisotopic (exact) mass is 479 g/mol. The van der Waals surface area contributed by atoms with E-state index < -0.39 is 5.60 Å². The summed E-state index contributed by atoms with van der Waals surface area (Å²) < 4.78 is 8.15. The highest BCUT2D eigenvalue weighted by Gasteiger charge is 2.32. The van der Waals surface area contributed by atoms with E-state index in [0.29, 0.717) is 18.7 Å². The first kappa shape index (κ1) is 24.5. The SMILES string of the molecule is Cc1ccc([C@H](C)NC(=O)Cn2nc3c(C4CCN(C(=O)OC(C)(C)C)C4)cccn3c2=O)cc1. The molecule has 9 nitrogen and oxygen atoms in total. The Labute approximate surface area is 204 Å². The van der Waals surface area contributed by atoms with E-state index in [1.165, 1.54) is 9.08 Å². The molecule has 0 bridgehead atoms. The van der Waals surface area contributed by atoms with E-state index in [-0.39, 0.29) is 36.2 Å². The van der Waals surface area contributed by atoms with Crippen LogP contribution in [0.1, 0.15) is 62.8 Å².